The Kier molecular flexibility index (Phi) is 4.31. The summed E-state index contributed by atoms with van der Waals surface area (Å²) in [5, 5.41) is 2.79. The van der Waals surface area contributed by atoms with Crippen LogP contribution in [0.15, 0.2) is 45.8 Å². The van der Waals surface area contributed by atoms with Crippen LogP contribution in [0.25, 0.3) is 0 Å². The number of hydrogen-bond acceptors (Lipinski definition) is 5. The molecule has 27 heavy (non-hydrogen) atoms. The maximum Gasteiger partial charge on any atom is 0.290 e. The first-order valence-electron chi connectivity index (χ1n) is 8.77. The summed E-state index contributed by atoms with van der Waals surface area (Å²) < 4.78 is 12.5. The Morgan fingerprint density at radius 2 is 2.11 bits per heavy atom. The van der Waals surface area contributed by atoms with Gasteiger partial charge in [-0.1, -0.05) is 0 Å². The molecule has 0 aromatic carbocycles. The third kappa shape index (κ3) is 3.14. The van der Waals surface area contributed by atoms with Gasteiger partial charge in [0.1, 0.15) is 17.3 Å². The van der Waals surface area contributed by atoms with E-state index in [0.29, 0.717) is 42.7 Å². The molecule has 4 heterocycles. The predicted octanol–water partition coefficient (Wildman–Crippen LogP) is 2.52. The van der Waals surface area contributed by atoms with Crippen molar-refractivity contribution in [3.05, 3.63) is 65.5 Å². The van der Waals surface area contributed by atoms with E-state index in [4.69, 9.17) is 8.83 Å². The summed E-state index contributed by atoms with van der Waals surface area (Å²) in [5.74, 6) is 1.26. The quantitative estimate of drug-likeness (QED) is 0.764. The molecule has 4 rings (SSSR count). The first kappa shape index (κ1) is 17.1. The third-order valence-corrected chi connectivity index (χ3v) is 4.78. The zero-order valence-electron chi connectivity index (χ0n) is 15.1. The number of aromatic nitrogens is 2. The standard InChI is InChI=1S/C19H20N4O4/c1-12-5-9-27-16(12)19(25)23-7-6-22-11-15(21-17(22)13(23)2)18(24)20-10-14-4-3-8-26-14/h3-5,8-9,11,13H,6-7,10H2,1-2H3,(H,20,24). The summed E-state index contributed by atoms with van der Waals surface area (Å²) in [6.45, 7) is 5.14. The fourth-order valence-electron chi connectivity index (χ4n) is 3.27. The van der Waals surface area contributed by atoms with Crippen molar-refractivity contribution in [2.24, 2.45) is 0 Å². The van der Waals surface area contributed by atoms with Gasteiger partial charge in [0.15, 0.2) is 5.76 Å². The molecule has 3 aromatic heterocycles. The van der Waals surface area contributed by atoms with Crippen molar-refractivity contribution in [3.63, 3.8) is 0 Å². The third-order valence-electron chi connectivity index (χ3n) is 4.78. The van der Waals surface area contributed by atoms with Crippen LogP contribution in [0.1, 0.15) is 51.2 Å². The van der Waals surface area contributed by atoms with Gasteiger partial charge in [-0.15, -0.1) is 0 Å². The lowest BCUT2D eigenvalue weighted by atomic mass is 10.1. The molecule has 8 heteroatoms. The van der Waals surface area contributed by atoms with E-state index in [9.17, 15) is 9.59 Å². The molecule has 8 nitrogen and oxygen atoms in total. The number of nitrogens with one attached hydrogen (secondary N) is 1. The molecule has 140 valence electrons. The molecule has 1 aliphatic heterocycles. The van der Waals surface area contributed by atoms with E-state index in [2.05, 4.69) is 10.3 Å². The Hall–Kier alpha value is -3.29. The number of fused-ring (bicyclic) bond motifs is 1. The van der Waals surface area contributed by atoms with Crippen LogP contribution in [-0.2, 0) is 13.1 Å². The molecular formula is C19H20N4O4. The zero-order chi connectivity index (χ0) is 19.0. The van der Waals surface area contributed by atoms with Crippen LogP contribution in [0.5, 0.6) is 0 Å². The number of nitrogens with zero attached hydrogens (tertiary/aromatic N) is 3. The van der Waals surface area contributed by atoms with E-state index in [1.165, 1.54) is 6.26 Å². The van der Waals surface area contributed by atoms with Crippen molar-refractivity contribution < 1.29 is 18.4 Å². The average molecular weight is 368 g/mol. The Morgan fingerprint density at radius 3 is 2.81 bits per heavy atom. The number of carbonyl (C=O) groups excluding carboxylic acids is 2. The Morgan fingerprint density at radius 1 is 1.26 bits per heavy atom. The van der Waals surface area contributed by atoms with Crippen LogP contribution in [0.4, 0.5) is 0 Å². The molecule has 1 aliphatic rings. The largest absolute Gasteiger partial charge is 0.467 e. The van der Waals surface area contributed by atoms with E-state index in [1.807, 2.05) is 18.4 Å². The van der Waals surface area contributed by atoms with Gasteiger partial charge in [0.2, 0.25) is 0 Å². The van der Waals surface area contributed by atoms with E-state index >= 15 is 0 Å². The molecule has 3 aromatic rings. The molecule has 0 saturated carbocycles. The topological polar surface area (TPSA) is 93.5 Å². The minimum absolute atomic E-state index is 0.164. The van der Waals surface area contributed by atoms with Crippen LogP contribution in [0.3, 0.4) is 0 Å². The number of rotatable bonds is 4. The number of carbonyl (C=O) groups is 2. The molecule has 1 atom stereocenters. The maximum atomic E-state index is 12.8. The van der Waals surface area contributed by atoms with E-state index in [1.54, 1.807) is 35.6 Å². The zero-order valence-corrected chi connectivity index (χ0v) is 15.1. The first-order chi connectivity index (χ1) is 13.0. The van der Waals surface area contributed by atoms with Crippen LogP contribution in [0, 0.1) is 6.92 Å². The second-order valence-corrected chi connectivity index (χ2v) is 6.55. The molecule has 0 spiro atoms. The summed E-state index contributed by atoms with van der Waals surface area (Å²) in [7, 11) is 0. The molecule has 0 saturated heterocycles. The smallest absolute Gasteiger partial charge is 0.290 e. The molecular weight excluding hydrogens is 348 g/mol. The SMILES string of the molecule is Cc1ccoc1C(=O)N1CCn2cc(C(=O)NCc3ccco3)nc2C1C. The normalized spacial score (nSPS) is 16.2. The highest BCUT2D eigenvalue weighted by molar-refractivity contribution is 5.93. The second kappa shape index (κ2) is 6.79. The lowest BCUT2D eigenvalue weighted by Gasteiger charge is -2.33. The lowest BCUT2D eigenvalue weighted by Crippen LogP contribution is -2.41. The molecule has 0 bridgehead atoms. The number of furan rings is 2. The number of aryl methyl sites for hydroxylation is 1. The predicted molar refractivity (Wildman–Crippen MR) is 95.0 cm³/mol. The minimum Gasteiger partial charge on any atom is -0.467 e. The highest BCUT2D eigenvalue weighted by Gasteiger charge is 2.32. The molecule has 0 aliphatic carbocycles. The molecule has 1 N–H and O–H groups in total. The van der Waals surface area contributed by atoms with Gasteiger partial charge in [-0.05, 0) is 32.0 Å². The number of imidazole rings is 1. The van der Waals surface area contributed by atoms with E-state index in [0.717, 1.165) is 5.56 Å². The van der Waals surface area contributed by atoms with Gasteiger partial charge in [0.05, 0.1) is 25.1 Å². The second-order valence-electron chi connectivity index (χ2n) is 6.55. The highest BCUT2D eigenvalue weighted by Crippen LogP contribution is 2.27. The molecule has 0 radical (unpaired) electrons. The van der Waals surface area contributed by atoms with Crippen molar-refractivity contribution in [2.45, 2.75) is 33.0 Å². The van der Waals surface area contributed by atoms with Gasteiger partial charge in [-0.2, -0.15) is 0 Å². The van der Waals surface area contributed by atoms with Gasteiger partial charge in [0, 0.05) is 24.8 Å². The van der Waals surface area contributed by atoms with E-state index in [-0.39, 0.29) is 17.9 Å². The Labute approximate surface area is 155 Å². The molecule has 2 amide bonds. The van der Waals surface area contributed by atoms with Crippen LogP contribution < -0.4 is 5.32 Å². The maximum absolute atomic E-state index is 12.8. The summed E-state index contributed by atoms with van der Waals surface area (Å²) in [4.78, 5) is 31.4. The first-order valence-corrected chi connectivity index (χ1v) is 8.77. The van der Waals surface area contributed by atoms with Crippen molar-refractivity contribution in [1.29, 1.82) is 0 Å². The fourth-order valence-corrected chi connectivity index (χ4v) is 3.27. The van der Waals surface area contributed by atoms with Gasteiger partial charge in [-0.3, -0.25) is 9.59 Å². The van der Waals surface area contributed by atoms with Crippen molar-refractivity contribution in [1.82, 2.24) is 19.8 Å². The monoisotopic (exact) mass is 368 g/mol. The number of hydrogen-bond donors (Lipinski definition) is 1. The van der Waals surface area contributed by atoms with Crippen LogP contribution in [0.2, 0.25) is 0 Å². The summed E-state index contributed by atoms with van der Waals surface area (Å²) in [6, 6.07) is 5.07. The average Bonchev–Trinajstić information content (AvgIpc) is 3.40. The van der Waals surface area contributed by atoms with Crippen molar-refractivity contribution in [2.75, 3.05) is 6.54 Å². The van der Waals surface area contributed by atoms with Gasteiger partial charge < -0.3 is 23.6 Å². The van der Waals surface area contributed by atoms with Gasteiger partial charge in [0.25, 0.3) is 11.8 Å². The van der Waals surface area contributed by atoms with Gasteiger partial charge >= 0.3 is 0 Å². The van der Waals surface area contributed by atoms with Crippen LogP contribution >= 0.6 is 0 Å². The van der Waals surface area contributed by atoms with Crippen molar-refractivity contribution in [3.8, 4) is 0 Å². The van der Waals surface area contributed by atoms with Crippen LogP contribution in [-0.4, -0.2) is 32.8 Å². The Bertz CT molecular complexity index is 970. The number of amides is 2. The molecule has 1 unspecified atom stereocenters. The Balaban J connectivity index is 1.50. The fraction of sp³-hybridized carbons (Fsp3) is 0.316. The van der Waals surface area contributed by atoms with E-state index < -0.39 is 0 Å². The summed E-state index contributed by atoms with van der Waals surface area (Å²) in [6.07, 6.45) is 4.80. The lowest BCUT2D eigenvalue weighted by molar-refractivity contribution is 0.0604. The van der Waals surface area contributed by atoms with Gasteiger partial charge in [-0.25, -0.2) is 4.98 Å². The van der Waals surface area contributed by atoms with Crippen molar-refractivity contribution >= 4 is 11.8 Å². The summed E-state index contributed by atoms with van der Waals surface area (Å²) >= 11 is 0. The minimum atomic E-state index is -0.278. The molecule has 0 fully saturated rings. The summed E-state index contributed by atoms with van der Waals surface area (Å²) in [5.41, 5.74) is 1.13. The highest BCUT2D eigenvalue weighted by atomic mass is 16.3.